The van der Waals surface area contributed by atoms with Gasteiger partial charge in [0.2, 0.25) is 0 Å². The molecule has 0 spiro atoms. The number of benzene rings is 1. The van der Waals surface area contributed by atoms with E-state index in [0.29, 0.717) is 5.56 Å². The van der Waals surface area contributed by atoms with E-state index in [2.05, 4.69) is 20.7 Å². The van der Waals surface area contributed by atoms with Crippen molar-refractivity contribution in [2.45, 2.75) is 32.9 Å². The molecule has 2 N–H and O–H groups in total. The normalized spacial score (nSPS) is 11.2. The van der Waals surface area contributed by atoms with Crippen LogP contribution in [-0.2, 0) is 12.1 Å². The van der Waals surface area contributed by atoms with Crippen LogP contribution < -0.4 is 5.32 Å². The summed E-state index contributed by atoms with van der Waals surface area (Å²) in [6.07, 6.45) is 0. The second-order valence-corrected chi connectivity index (χ2v) is 5.76. The van der Waals surface area contributed by atoms with Crippen LogP contribution in [0, 0.1) is 0 Å². The molecule has 0 unspecified atom stereocenters. The van der Waals surface area contributed by atoms with Gasteiger partial charge in [-0.1, -0.05) is 12.1 Å². The topological polar surface area (TPSA) is 110 Å². The van der Waals surface area contributed by atoms with Crippen molar-refractivity contribution in [2.75, 3.05) is 0 Å². The summed E-state index contributed by atoms with van der Waals surface area (Å²) in [4.78, 5) is 24.2. The Bertz CT molecular complexity index is 702. The van der Waals surface area contributed by atoms with Gasteiger partial charge in [-0.2, -0.15) is 4.80 Å². The van der Waals surface area contributed by atoms with E-state index in [0.717, 1.165) is 0 Å². The fraction of sp³-hybridized carbons (Fsp3) is 0.357. The summed E-state index contributed by atoms with van der Waals surface area (Å²) in [5.74, 6) is -1.50. The van der Waals surface area contributed by atoms with E-state index >= 15 is 0 Å². The number of rotatable bonds is 4. The van der Waals surface area contributed by atoms with Crippen molar-refractivity contribution >= 4 is 11.9 Å². The first kappa shape index (κ1) is 15.6. The molecule has 22 heavy (non-hydrogen) atoms. The van der Waals surface area contributed by atoms with Crippen LogP contribution in [0.2, 0.25) is 0 Å². The standard InChI is InChI=1S/C14H17N5O3/c1-14(2,3)19-17-11(16-18-19)12(20)15-8-9-5-4-6-10(7-9)13(21)22/h4-7H,8H2,1-3H3,(H,15,20)(H,21,22). The average Bonchev–Trinajstić information content (AvgIpc) is 2.95. The van der Waals surface area contributed by atoms with Crippen LogP contribution >= 0.6 is 0 Å². The Hall–Kier alpha value is -2.77. The molecular formula is C14H17N5O3. The number of hydrogen-bond donors (Lipinski definition) is 2. The molecule has 0 aliphatic carbocycles. The van der Waals surface area contributed by atoms with Crippen LogP contribution in [0.25, 0.3) is 0 Å². The molecule has 8 heteroatoms. The molecule has 116 valence electrons. The lowest BCUT2D eigenvalue weighted by atomic mass is 10.1. The molecule has 0 fully saturated rings. The van der Waals surface area contributed by atoms with E-state index in [4.69, 9.17) is 5.11 Å². The zero-order valence-electron chi connectivity index (χ0n) is 12.6. The first-order chi connectivity index (χ1) is 10.3. The van der Waals surface area contributed by atoms with E-state index in [9.17, 15) is 9.59 Å². The summed E-state index contributed by atoms with van der Waals surface area (Å²) in [7, 11) is 0. The van der Waals surface area contributed by atoms with Crippen molar-refractivity contribution in [3.05, 3.63) is 41.2 Å². The SMILES string of the molecule is CC(C)(C)n1nnc(C(=O)NCc2cccc(C(=O)O)c2)n1. The number of carbonyl (C=O) groups is 2. The summed E-state index contributed by atoms with van der Waals surface area (Å²) < 4.78 is 0. The maximum absolute atomic E-state index is 12.0. The summed E-state index contributed by atoms with van der Waals surface area (Å²) in [5.41, 5.74) is 0.487. The predicted molar refractivity (Wildman–Crippen MR) is 77.4 cm³/mol. The molecule has 1 amide bonds. The number of tetrazole rings is 1. The Kier molecular flexibility index (Phi) is 4.20. The number of amides is 1. The lowest BCUT2D eigenvalue weighted by Crippen LogP contribution is -2.27. The van der Waals surface area contributed by atoms with Gasteiger partial charge in [-0.15, -0.1) is 10.2 Å². The van der Waals surface area contributed by atoms with Gasteiger partial charge in [-0.05, 0) is 43.7 Å². The highest BCUT2D eigenvalue weighted by Gasteiger charge is 2.20. The summed E-state index contributed by atoms with van der Waals surface area (Å²) in [5, 5.41) is 23.1. The fourth-order valence-corrected chi connectivity index (χ4v) is 1.67. The van der Waals surface area contributed by atoms with Gasteiger partial charge in [-0.3, -0.25) is 4.79 Å². The third kappa shape index (κ3) is 3.66. The lowest BCUT2D eigenvalue weighted by Gasteiger charge is -2.15. The van der Waals surface area contributed by atoms with E-state index in [1.807, 2.05) is 20.8 Å². The van der Waals surface area contributed by atoms with Crippen molar-refractivity contribution in [1.82, 2.24) is 25.5 Å². The average molecular weight is 303 g/mol. The van der Waals surface area contributed by atoms with Crippen LogP contribution in [-0.4, -0.2) is 37.2 Å². The van der Waals surface area contributed by atoms with Gasteiger partial charge < -0.3 is 10.4 Å². The van der Waals surface area contributed by atoms with Gasteiger partial charge in [0.1, 0.15) is 0 Å². The maximum atomic E-state index is 12.0. The molecule has 0 atom stereocenters. The maximum Gasteiger partial charge on any atom is 0.335 e. The Morgan fingerprint density at radius 3 is 2.64 bits per heavy atom. The number of carboxylic acid groups (broad SMARTS) is 1. The highest BCUT2D eigenvalue weighted by molar-refractivity contribution is 5.90. The predicted octanol–water partition coefficient (Wildman–Crippen LogP) is 1.06. The van der Waals surface area contributed by atoms with Crippen molar-refractivity contribution < 1.29 is 14.7 Å². The van der Waals surface area contributed by atoms with Crippen LogP contribution in [0.15, 0.2) is 24.3 Å². The molecular weight excluding hydrogens is 286 g/mol. The van der Waals surface area contributed by atoms with Crippen LogP contribution in [0.1, 0.15) is 47.3 Å². The minimum Gasteiger partial charge on any atom is -0.478 e. The largest absolute Gasteiger partial charge is 0.478 e. The second kappa shape index (κ2) is 5.92. The van der Waals surface area contributed by atoms with Gasteiger partial charge in [0, 0.05) is 6.54 Å². The molecule has 2 rings (SSSR count). The molecule has 0 aliphatic rings. The number of carboxylic acids is 1. The van der Waals surface area contributed by atoms with Crippen LogP contribution in [0.3, 0.4) is 0 Å². The third-order valence-corrected chi connectivity index (χ3v) is 2.84. The Labute approximate surface area is 127 Å². The number of nitrogens with zero attached hydrogens (tertiary/aromatic N) is 4. The third-order valence-electron chi connectivity index (χ3n) is 2.84. The molecule has 2 aromatic rings. The molecule has 1 heterocycles. The fourth-order valence-electron chi connectivity index (χ4n) is 1.67. The van der Waals surface area contributed by atoms with Crippen LogP contribution in [0.5, 0.6) is 0 Å². The van der Waals surface area contributed by atoms with Crippen molar-refractivity contribution in [1.29, 1.82) is 0 Å². The van der Waals surface area contributed by atoms with Gasteiger partial charge in [-0.25, -0.2) is 4.79 Å². The van der Waals surface area contributed by atoms with Gasteiger partial charge >= 0.3 is 5.97 Å². The number of aromatic nitrogens is 4. The first-order valence-electron chi connectivity index (χ1n) is 6.68. The quantitative estimate of drug-likeness (QED) is 0.873. The molecule has 0 bridgehead atoms. The highest BCUT2D eigenvalue weighted by Crippen LogP contribution is 2.09. The van der Waals surface area contributed by atoms with Gasteiger partial charge in [0.05, 0.1) is 11.1 Å². The zero-order valence-corrected chi connectivity index (χ0v) is 12.6. The molecule has 1 aromatic carbocycles. The molecule has 0 saturated carbocycles. The molecule has 1 aromatic heterocycles. The van der Waals surface area contributed by atoms with E-state index < -0.39 is 11.9 Å². The molecule has 0 saturated heterocycles. The minimum atomic E-state index is -1.01. The number of carbonyl (C=O) groups excluding carboxylic acids is 1. The summed E-state index contributed by atoms with van der Waals surface area (Å²) in [6, 6.07) is 6.34. The van der Waals surface area contributed by atoms with Crippen LogP contribution in [0.4, 0.5) is 0 Å². The van der Waals surface area contributed by atoms with Gasteiger partial charge in [0.25, 0.3) is 11.7 Å². The van der Waals surface area contributed by atoms with E-state index in [-0.39, 0.29) is 23.5 Å². The minimum absolute atomic E-state index is 0.0238. The monoisotopic (exact) mass is 303 g/mol. The second-order valence-electron chi connectivity index (χ2n) is 5.76. The smallest absolute Gasteiger partial charge is 0.335 e. The molecule has 8 nitrogen and oxygen atoms in total. The van der Waals surface area contributed by atoms with Gasteiger partial charge in [0.15, 0.2) is 0 Å². The van der Waals surface area contributed by atoms with E-state index in [1.54, 1.807) is 12.1 Å². The highest BCUT2D eigenvalue weighted by atomic mass is 16.4. The number of aromatic carboxylic acids is 1. The molecule has 0 aliphatic heterocycles. The first-order valence-corrected chi connectivity index (χ1v) is 6.68. The zero-order chi connectivity index (χ0) is 16.3. The van der Waals surface area contributed by atoms with Crippen molar-refractivity contribution in [2.24, 2.45) is 0 Å². The summed E-state index contributed by atoms with van der Waals surface area (Å²) in [6.45, 7) is 5.87. The Morgan fingerprint density at radius 1 is 1.32 bits per heavy atom. The summed E-state index contributed by atoms with van der Waals surface area (Å²) >= 11 is 0. The number of nitrogens with one attached hydrogen (secondary N) is 1. The Morgan fingerprint density at radius 2 is 2.05 bits per heavy atom. The lowest BCUT2D eigenvalue weighted by molar-refractivity contribution is 0.0696. The van der Waals surface area contributed by atoms with Crippen molar-refractivity contribution in [3.8, 4) is 0 Å². The molecule has 0 radical (unpaired) electrons. The van der Waals surface area contributed by atoms with Crippen molar-refractivity contribution in [3.63, 3.8) is 0 Å². The number of hydrogen-bond acceptors (Lipinski definition) is 5. The Balaban J connectivity index is 2.02. The van der Waals surface area contributed by atoms with E-state index in [1.165, 1.54) is 16.9 Å².